The highest BCUT2D eigenvalue weighted by Crippen LogP contribution is 2.28. The SMILES string of the molecule is CCn1nc(-c2ccccc2)c2cc(Br)cnc21. The quantitative estimate of drug-likeness (QED) is 0.719. The molecule has 3 rings (SSSR count). The van der Waals surface area contributed by atoms with Gasteiger partial charge >= 0.3 is 0 Å². The van der Waals surface area contributed by atoms with E-state index in [1.807, 2.05) is 29.1 Å². The number of rotatable bonds is 2. The smallest absolute Gasteiger partial charge is 0.158 e. The van der Waals surface area contributed by atoms with Crippen molar-refractivity contribution in [2.24, 2.45) is 0 Å². The summed E-state index contributed by atoms with van der Waals surface area (Å²) in [6.45, 7) is 2.89. The van der Waals surface area contributed by atoms with Crippen LogP contribution in [0.4, 0.5) is 0 Å². The molecule has 0 N–H and O–H groups in total. The molecule has 0 unspecified atom stereocenters. The lowest BCUT2D eigenvalue weighted by Crippen LogP contribution is -1.97. The number of aromatic nitrogens is 3. The number of aryl methyl sites for hydroxylation is 1. The van der Waals surface area contributed by atoms with Crippen molar-refractivity contribution in [2.45, 2.75) is 13.5 Å². The fourth-order valence-corrected chi connectivity index (χ4v) is 2.39. The first-order chi connectivity index (χ1) is 8.79. The molecule has 4 heteroatoms. The number of hydrogen-bond donors (Lipinski definition) is 0. The summed E-state index contributed by atoms with van der Waals surface area (Å²) in [5.74, 6) is 0. The predicted octanol–water partition coefficient (Wildman–Crippen LogP) is 3.88. The van der Waals surface area contributed by atoms with Crippen molar-refractivity contribution in [3.63, 3.8) is 0 Å². The van der Waals surface area contributed by atoms with Crippen LogP contribution < -0.4 is 0 Å². The maximum absolute atomic E-state index is 4.65. The van der Waals surface area contributed by atoms with Crippen LogP contribution in [-0.2, 0) is 6.54 Å². The van der Waals surface area contributed by atoms with Crippen molar-refractivity contribution >= 4 is 27.0 Å². The largest absolute Gasteiger partial charge is 0.247 e. The van der Waals surface area contributed by atoms with Gasteiger partial charge in [0.1, 0.15) is 5.69 Å². The van der Waals surface area contributed by atoms with Crippen LogP contribution in [0.3, 0.4) is 0 Å². The summed E-state index contributed by atoms with van der Waals surface area (Å²) in [6.07, 6.45) is 1.81. The molecular formula is C14H12BrN3. The summed E-state index contributed by atoms with van der Waals surface area (Å²) < 4.78 is 2.91. The van der Waals surface area contributed by atoms with Gasteiger partial charge in [0.15, 0.2) is 5.65 Å². The molecule has 0 aliphatic carbocycles. The molecule has 2 aromatic heterocycles. The molecule has 0 amide bonds. The molecular weight excluding hydrogens is 290 g/mol. The van der Waals surface area contributed by atoms with E-state index in [0.717, 1.165) is 33.3 Å². The molecule has 18 heavy (non-hydrogen) atoms. The molecule has 0 saturated heterocycles. The van der Waals surface area contributed by atoms with Crippen molar-refractivity contribution < 1.29 is 0 Å². The van der Waals surface area contributed by atoms with Crippen molar-refractivity contribution in [2.75, 3.05) is 0 Å². The number of pyridine rings is 1. The second-order valence-corrected chi connectivity index (χ2v) is 4.97. The first-order valence-electron chi connectivity index (χ1n) is 5.87. The molecule has 0 fully saturated rings. The van der Waals surface area contributed by atoms with Crippen molar-refractivity contribution in [1.29, 1.82) is 0 Å². The second-order valence-electron chi connectivity index (χ2n) is 4.06. The maximum Gasteiger partial charge on any atom is 0.158 e. The molecule has 0 aliphatic heterocycles. The summed E-state index contributed by atoms with van der Waals surface area (Å²) in [4.78, 5) is 4.45. The topological polar surface area (TPSA) is 30.7 Å². The Morgan fingerprint density at radius 2 is 2.00 bits per heavy atom. The summed E-state index contributed by atoms with van der Waals surface area (Å²) in [6, 6.07) is 12.3. The summed E-state index contributed by atoms with van der Waals surface area (Å²) in [5, 5.41) is 5.73. The van der Waals surface area contributed by atoms with E-state index in [4.69, 9.17) is 0 Å². The maximum atomic E-state index is 4.65. The lowest BCUT2D eigenvalue weighted by atomic mass is 10.1. The first-order valence-corrected chi connectivity index (χ1v) is 6.66. The van der Waals surface area contributed by atoms with Gasteiger partial charge < -0.3 is 0 Å². The third-order valence-electron chi connectivity index (χ3n) is 2.90. The zero-order valence-corrected chi connectivity index (χ0v) is 11.6. The Balaban J connectivity index is 2.32. The van der Waals surface area contributed by atoms with Gasteiger partial charge in [0, 0.05) is 28.2 Å². The van der Waals surface area contributed by atoms with Crippen LogP contribution >= 0.6 is 15.9 Å². The van der Waals surface area contributed by atoms with Crippen LogP contribution in [0.2, 0.25) is 0 Å². The molecule has 0 atom stereocenters. The fourth-order valence-electron chi connectivity index (χ4n) is 2.06. The molecule has 0 radical (unpaired) electrons. The van der Waals surface area contributed by atoms with E-state index in [9.17, 15) is 0 Å². The molecule has 0 saturated carbocycles. The molecule has 3 nitrogen and oxygen atoms in total. The van der Waals surface area contributed by atoms with Gasteiger partial charge in [-0.25, -0.2) is 9.67 Å². The Morgan fingerprint density at radius 1 is 1.22 bits per heavy atom. The summed E-state index contributed by atoms with van der Waals surface area (Å²) in [7, 11) is 0. The van der Waals surface area contributed by atoms with Gasteiger partial charge in [0.05, 0.1) is 0 Å². The lowest BCUT2D eigenvalue weighted by molar-refractivity contribution is 0.679. The molecule has 90 valence electrons. The Bertz CT molecular complexity index is 689. The minimum absolute atomic E-state index is 0.817. The monoisotopic (exact) mass is 301 g/mol. The second kappa shape index (κ2) is 4.53. The van der Waals surface area contributed by atoms with Crippen LogP contribution in [0.25, 0.3) is 22.3 Å². The van der Waals surface area contributed by atoms with Crippen molar-refractivity contribution in [3.05, 3.63) is 47.1 Å². The fraction of sp³-hybridized carbons (Fsp3) is 0.143. The molecule has 0 aliphatic rings. The third kappa shape index (κ3) is 1.82. The van der Waals surface area contributed by atoms with Crippen LogP contribution in [0.15, 0.2) is 47.1 Å². The zero-order valence-electron chi connectivity index (χ0n) is 9.97. The predicted molar refractivity (Wildman–Crippen MR) is 76.3 cm³/mol. The molecule has 3 aromatic rings. The first kappa shape index (κ1) is 11.4. The highest BCUT2D eigenvalue weighted by Gasteiger charge is 2.12. The van der Waals surface area contributed by atoms with Gasteiger partial charge in [-0.1, -0.05) is 30.3 Å². The summed E-state index contributed by atoms with van der Waals surface area (Å²) in [5.41, 5.74) is 3.04. The number of halogens is 1. The Morgan fingerprint density at radius 3 is 2.72 bits per heavy atom. The van der Waals surface area contributed by atoms with Crippen LogP contribution in [0.1, 0.15) is 6.92 Å². The minimum atomic E-state index is 0.817. The normalized spacial score (nSPS) is 11.0. The zero-order chi connectivity index (χ0) is 12.5. The lowest BCUT2D eigenvalue weighted by Gasteiger charge is -1.96. The van der Waals surface area contributed by atoms with Gasteiger partial charge in [-0.15, -0.1) is 0 Å². The van der Waals surface area contributed by atoms with Crippen LogP contribution in [0.5, 0.6) is 0 Å². The van der Waals surface area contributed by atoms with E-state index >= 15 is 0 Å². The van der Waals surface area contributed by atoms with Crippen molar-refractivity contribution in [1.82, 2.24) is 14.8 Å². The van der Waals surface area contributed by atoms with E-state index in [-0.39, 0.29) is 0 Å². The van der Waals surface area contributed by atoms with Gasteiger partial charge in [0.2, 0.25) is 0 Å². The third-order valence-corrected chi connectivity index (χ3v) is 3.33. The highest BCUT2D eigenvalue weighted by molar-refractivity contribution is 9.10. The van der Waals surface area contributed by atoms with E-state index in [1.54, 1.807) is 0 Å². The molecule has 0 bridgehead atoms. The van der Waals surface area contributed by atoms with E-state index in [1.165, 1.54) is 0 Å². The van der Waals surface area contributed by atoms with Crippen LogP contribution in [-0.4, -0.2) is 14.8 Å². The Labute approximate surface area is 114 Å². The van der Waals surface area contributed by atoms with Gasteiger partial charge in [-0.3, -0.25) is 0 Å². The number of hydrogen-bond acceptors (Lipinski definition) is 2. The molecule has 1 aromatic carbocycles. The Hall–Kier alpha value is -1.68. The highest BCUT2D eigenvalue weighted by atomic mass is 79.9. The number of nitrogens with zero attached hydrogens (tertiary/aromatic N) is 3. The van der Waals surface area contributed by atoms with Gasteiger partial charge in [0.25, 0.3) is 0 Å². The van der Waals surface area contributed by atoms with E-state index in [0.29, 0.717) is 0 Å². The van der Waals surface area contributed by atoms with E-state index in [2.05, 4.69) is 51.1 Å². The van der Waals surface area contributed by atoms with E-state index < -0.39 is 0 Å². The summed E-state index contributed by atoms with van der Waals surface area (Å²) >= 11 is 3.47. The Kier molecular flexibility index (Phi) is 2.88. The van der Waals surface area contributed by atoms with Crippen molar-refractivity contribution in [3.8, 4) is 11.3 Å². The molecule has 2 heterocycles. The number of benzene rings is 1. The molecule has 0 spiro atoms. The van der Waals surface area contributed by atoms with Gasteiger partial charge in [-0.05, 0) is 28.9 Å². The number of fused-ring (bicyclic) bond motifs is 1. The average molecular weight is 302 g/mol. The van der Waals surface area contributed by atoms with Crippen LogP contribution in [0, 0.1) is 0 Å². The average Bonchev–Trinajstić information content (AvgIpc) is 2.77. The standard InChI is InChI=1S/C14H12BrN3/c1-2-18-14-12(8-11(15)9-16-14)13(17-18)10-6-4-3-5-7-10/h3-9H,2H2,1H3. The van der Waals surface area contributed by atoms with Gasteiger partial charge in [-0.2, -0.15) is 5.10 Å². The minimum Gasteiger partial charge on any atom is -0.247 e.